The van der Waals surface area contributed by atoms with Gasteiger partial charge < -0.3 is 0 Å². The van der Waals surface area contributed by atoms with Gasteiger partial charge in [0, 0.05) is 21.3 Å². The predicted octanol–water partition coefficient (Wildman–Crippen LogP) is 3.10. The van der Waals surface area contributed by atoms with Crippen LogP contribution in [0.5, 0.6) is 0 Å². The third-order valence-corrected chi connectivity index (χ3v) is 3.03. The zero-order valence-electron chi connectivity index (χ0n) is 7.85. The van der Waals surface area contributed by atoms with Gasteiger partial charge in [0.05, 0.1) is 0 Å². The summed E-state index contributed by atoms with van der Waals surface area (Å²) < 4.78 is 1.76. The molecule has 3 rings (SSSR count). The lowest BCUT2D eigenvalue weighted by Gasteiger charge is -2.00. The van der Waals surface area contributed by atoms with Crippen LogP contribution in [0.25, 0.3) is 22.1 Å². The molecule has 6 heteroatoms. The molecule has 0 N–H and O–H groups in total. The number of fused-ring (bicyclic) bond motifs is 3. The van der Waals surface area contributed by atoms with Crippen molar-refractivity contribution in [3.63, 3.8) is 0 Å². The van der Waals surface area contributed by atoms with E-state index < -0.39 is 0 Å². The summed E-state index contributed by atoms with van der Waals surface area (Å²) >= 11 is 6.70. The van der Waals surface area contributed by atoms with E-state index in [-0.39, 0.29) is 0 Å². The smallest absolute Gasteiger partial charge is 0.118 e. The molecule has 78 valence electrons. The Morgan fingerprint density at radius 1 is 0.750 bits per heavy atom. The highest BCUT2D eigenvalue weighted by atomic mass is 79.9. The van der Waals surface area contributed by atoms with Crippen LogP contribution >= 0.6 is 31.9 Å². The van der Waals surface area contributed by atoms with Crippen molar-refractivity contribution in [3.05, 3.63) is 33.5 Å². The van der Waals surface area contributed by atoms with Crippen molar-refractivity contribution in [1.29, 1.82) is 0 Å². The van der Waals surface area contributed by atoms with Gasteiger partial charge in [0.1, 0.15) is 22.1 Å². The van der Waals surface area contributed by atoms with Gasteiger partial charge in [0.25, 0.3) is 0 Å². The van der Waals surface area contributed by atoms with Gasteiger partial charge in [-0.05, 0) is 44.0 Å². The van der Waals surface area contributed by atoms with E-state index in [4.69, 9.17) is 0 Å². The third-order valence-electron chi connectivity index (χ3n) is 2.16. The van der Waals surface area contributed by atoms with E-state index in [0.29, 0.717) is 0 Å². The molecule has 0 amide bonds. The molecule has 0 bridgehead atoms. The van der Waals surface area contributed by atoms with Crippen molar-refractivity contribution in [2.45, 2.75) is 0 Å². The zero-order chi connectivity index (χ0) is 11.1. The first-order chi connectivity index (χ1) is 7.74. The molecule has 0 aromatic carbocycles. The SMILES string of the molecule is Brc1cnc2c(c1)nnc1cc(Br)cnc12. The highest BCUT2D eigenvalue weighted by Gasteiger charge is 2.06. The number of rotatable bonds is 0. The Kier molecular flexibility index (Phi) is 2.33. The van der Waals surface area contributed by atoms with Crippen LogP contribution in [0.15, 0.2) is 33.5 Å². The first kappa shape index (κ1) is 10.0. The van der Waals surface area contributed by atoms with Crippen molar-refractivity contribution in [3.8, 4) is 0 Å². The zero-order valence-corrected chi connectivity index (χ0v) is 11.0. The maximum absolute atomic E-state index is 4.31. The Hall–Kier alpha value is -1.14. The van der Waals surface area contributed by atoms with Crippen LogP contribution in [-0.2, 0) is 0 Å². The minimum atomic E-state index is 0.733. The molecule has 4 nitrogen and oxygen atoms in total. The Labute approximate surface area is 107 Å². The fourth-order valence-electron chi connectivity index (χ4n) is 1.48. The lowest BCUT2D eigenvalue weighted by molar-refractivity contribution is 1.10. The second-order valence-corrected chi connectivity index (χ2v) is 5.07. The Bertz CT molecular complexity index is 638. The summed E-state index contributed by atoms with van der Waals surface area (Å²) in [5.74, 6) is 0. The minimum absolute atomic E-state index is 0.733. The van der Waals surface area contributed by atoms with Gasteiger partial charge in [-0.1, -0.05) is 0 Å². The molecule has 3 aromatic rings. The molecular weight excluding hydrogens is 336 g/mol. The molecule has 0 aliphatic heterocycles. The van der Waals surface area contributed by atoms with Gasteiger partial charge in [0.2, 0.25) is 0 Å². The Balaban J connectivity index is 2.50. The second kappa shape index (κ2) is 3.71. The van der Waals surface area contributed by atoms with Crippen molar-refractivity contribution >= 4 is 53.9 Å². The molecule has 0 radical (unpaired) electrons. The fraction of sp³-hybridized carbons (Fsp3) is 0. The molecule has 0 unspecified atom stereocenters. The van der Waals surface area contributed by atoms with E-state index in [9.17, 15) is 0 Å². The monoisotopic (exact) mass is 338 g/mol. The summed E-state index contributed by atoms with van der Waals surface area (Å²) in [6.07, 6.45) is 3.46. The largest absolute Gasteiger partial charge is 0.251 e. The Morgan fingerprint density at radius 2 is 1.19 bits per heavy atom. The quantitative estimate of drug-likeness (QED) is 0.590. The molecule has 0 atom stereocenters. The minimum Gasteiger partial charge on any atom is -0.251 e. The molecule has 3 aromatic heterocycles. The van der Waals surface area contributed by atoms with E-state index in [0.717, 1.165) is 31.0 Å². The molecule has 16 heavy (non-hydrogen) atoms. The first-order valence-corrected chi connectivity index (χ1v) is 6.06. The van der Waals surface area contributed by atoms with Crippen LogP contribution in [0.3, 0.4) is 0 Å². The molecular formula is C10H4Br2N4. The summed E-state index contributed by atoms with van der Waals surface area (Å²) in [6, 6.07) is 3.75. The lowest BCUT2D eigenvalue weighted by atomic mass is 10.3. The van der Waals surface area contributed by atoms with Crippen LogP contribution < -0.4 is 0 Å². The normalized spacial score (nSPS) is 11.1. The maximum Gasteiger partial charge on any atom is 0.118 e. The van der Waals surface area contributed by atoms with E-state index >= 15 is 0 Å². The maximum atomic E-state index is 4.31. The van der Waals surface area contributed by atoms with Crippen LogP contribution in [0.4, 0.5) is 0 Å². The summed E-state index contributed by atoms with van der Waals surface area (Å²) in [4.78, 5) is 8.62. The van der Waals surface area contributed by atoms with Gasteiger partial charge in [-0.3, -0.25) is 9.97 Å². The fourth-order valence-corrected chi connectivity index (χ4v) is 2.12. The average Bonchev–Trinajstić information content (AvgIpc) is 2.28. The van der Waals surface area contributed by atoms with Crippen LogP contribution in [-0.4, -0.2) is 20.2 Å². The van der Waals surface area contributed by atoms with E-state index in [2.05, 4.69) is 52.0 Å². The van der Waals surface area contributed by atoms with Crippen LogP contribution in [0, 0.1) is 0 Å². The second-order valence-electron chi connectivity index (χ2n) is 3.24. The lowest BCUT2D eigenvalue weighted by Crippen LogP contribution is -1.92. The standard InChI is InChI=1S/C10H4Br2N4/c11-5-1-7-9(13-3-5)10-8(16-15-7)2-6(12)4-14-10/h1-4H. The molecule has 3 heterocycles. The topological polar surface area (TPSA) is 51.6 Å². The first-order valence-electron chi connectivity index (χ1n) is 4.47. The third kappa shape index (κ3) is 1.58. The van der Waals surface area contributed by atoms with Crippen molar-refractivity contribution in [2.75, 3.05) is 0 Å². The number of hydrogen-bond donors (Lipinski definition) is 0. The van der Waals surface area contributed by atoms with E-state index in [1.807, 2.05) is 12.1 Å². The molecule has 0 spiro atoms. The van der Waals surface area contributed by atoms with Gasteiger partial charge in [-0.25, -0.2) is 0 Å². The van der Waals surface area contributed by atoms with Crippen LogP contribution in [0.2, 0.25) is 0 Å². The number of hydrogen-bond acceptors (Lipinski definition) is 4. The highest BCUT2D eigenvalue weighted by Crippen LogP contribution is 2.22. The molecule has 0 fully saturated rings. The van der Waals surface area contributed by atoms with Crippen molar-refractivity contribution in [2.24, 2.45) is 0 Å². The highest BCUT2D eigenvalue weighted by molar-refractivity contribution is 9.10. The van der Waals surface area contributed by atoms with Crippen LogP contribution in [0.1, 0.15) is 0 Å². The van der Waals surface area contributed by atoms with Crippen molar-refractivity contribution in [1.82, 2.24) is 20.2 Å². The number of pyridine rings is 2. The number of halogens is 2. The van der Waals surface area contributed by atoms with Gasteiger partial charge in [-0.2, -0.15) is 0 Å². The molecule has 0 aliphatic carbocycles. The van der Waals surface area contributed by atoms with Gasteiger partial charge in [0.15, 0.2) is 0 Å². The molecule has 0 saturated carbocycles. The average molecular weight is 340 g/mol. The predicted molar refractivity (Wildman–Crippen MR) is 68.0 cm³/mol. The van der Waals surface area contributed by atoms with E-state index in [1.165, 1.54) is 0 Å². The number of aromatic nitrogens is 4. The molecule has 0 aliphatic rings. The van der Waals surface area contributed by atoms with Gasteiger partial charge >= 0.3 is 0 Å². The molecule has 0 saturated heterocycles. The Morgan fingerprint density at radius 3 is 1.62 bits per heavy atom. The van der Waals surface area contributed by atoms with Crippen molar-refractivity contribution < 1.29 is 0 Å². The summed E-state index contributed by atoms with van der Waals surface area (Å²) in [6.45, 7) is 0. The summed E-state index contributed by atoms with van der Waals surface area (Å²) in [7, 11) is 0. The summed E-state index contributed by atoms with van der Waals surface area (Å²) in [5, 5.41) is 8.22. The van der Waals surface area contributed by atoms with E-state index in [1.54, 1.807) is 12.4 Å². The van der Waals surface area contributed by atoms with Gasteiger partial charge in [-0.15, -0.1) is 10.2 Å². The summed E-state index contributed by atoms with van der Waals surface area (Å²) in [5.41, 5.74) is 3.00. The number of nitrogens with zero attached hydrogens (tertiary/aromatic N) is 4.